The van der Waals surface area contributed by atoms with E-state index in [-0.39, 0.29) is 11.3 Å². The Labute approximate surface area is 193 Å². The molecule has 6 heteroatoms. The van der Waals surface area contributed by atoms with Crippen LogP contribution in [0, 0.1) is 0 Å². The maximum atomic E-state index is 13.6. The van der Waals surface area contributed by atoms with E-state index in [1.165, 1.54) is 10.9 Å². The Kier molecular flexibility index (Phi) is 6.33. The van der Waals surface area contributed by atoms with Gasteiger partial charge < -0.3 is 0 Å². The average molecular weight is 485 g/mol. The number of carbonyl (C=O) groups is 3. The molecule has 0 N–H and O–H groups in total. The standard InChI is InChI=1S/C26H17BrN2O3/c27-21-14-12-20(13-15-21)26(32)23(29-17-7-16-28-29)22(24(30)18-8-3-1-4-9-18)25(31)19-10-5-2-6-11-19/h1-17H. The number of Topliss-reactive ketones (excluding diaryl/α,β-unsaturated/α-hetero) is 3. The third-order valence-corrected chi connectivity index (χ3v) is 5.35. The molecule has 0 saturated carbocycles. The molecule has 4 rings (SSSR count). The lowest BCUT2D eigenvalue weighted by atomic mass is 9.91. The highest BCUT2D eigenvalue weighted by molar-refractivity contribution is 9.10. The van der Waals surface area contributed by atoms with E-state index in [1.54, 1.807) is 97.2 Å². The molecule has 1 aromatic heterocycles. The number of allylic oxidation sites excluding steroid dienone is 2. The molecule has 0 radical (unpaired) electrons. The molecule has 0 aliphatic rings. The summed E-state index contributed by atoms with van der Waals surface area (Å²) in [4.78, 5) is 40.8. The van der Waals surface area contributed by atoms with Crippen LogP contribution in [0.3, 0.4) is 0 Å². The SMILES string of the molecule is O=C(C(C(=O)c1ccccc1)=C(C(=O)c1ccc(Br)cc1)n1cccn1)c1ccccc1. The third-order valence-electron chi connectivity index (χ3n) is 4.82. The zero-order chi connectivity index (χ0) is 22.5. The predicted octanol–water partition coefficient (Wildman–Crippen LogP) is 5.51. The monoisotopic (exact) mass is 484 g/mol. The van der Waals surface area contributed by atoms with Crippen LogP contribution >= 0.6 is 15.9 Å². The summed E-state index contributed by atoms with van der Waals surface area (Å²) in [5, 5.41) is 4.18. The molecule has 3 aromatic carbocycles. The molecule has 0 saturated heterocycles. The Morgan fingerprint density at radius 3 is 1.59 bits per heavy atom. The maximum absolute atomic E-state index is 13.6. The van der Waals surface area contributed by atoms with Crippen LogP contribution in [0.2, 0.25) is 0 Å². The van der Waals surface area contributed by atoms with E-state index in [0.29, 0.717) is 16.7 Å². The average Bonchev–Trinajstić information content (AvgIpc) is 3.37. The van der Waals surface area contributed by atoms with Crippen molar-refractivity contribution in [3.63, 3.8) is 0 Å². The van der Waals surface area contributed by atoms with Gasteiger partial charge in [-0.25, -0.2) is 4.68 Å². The van der Waals surface area contributed by atoms with Crippen LogP contribution in [0.4, 0.5) is 0 Å². The molecule has 0 bridgehead atoms. The summed E-state index contributed by atoms with van der Waals surface area (Å²) < 4.78 is 2.08. The normalized spacial score (nSPS) is 10.4. The Bertz CT molecular complexity index is 1240. The minimum absolute atomic E-state index is 0.0972. The number of aromatic nitrogens is 2. The molecule has 156 valence electrons. The van der Waals surface area contributed by atoms with Gasteiger partial charge in [-0.05, 0) is 30.3 Å². The zero-order valence-corrected chi connectivity index (χ0v) is 18.4. The lowest BCUT2D eigenvalue weighted by Gasteiger charge is -2.14. The number of benzene rings is 3. The molecule has 0 atom stereocenters. The van der Waals surface area contributed by atoms with Gasteiger partial charge in [-0.1, -0.05) is 76.6 Å². The number of ketones is 3. The summed E-state index contributed by atoms with van der Waals surface area (Å²) in [5.41, 5.74) is 0.608. The first-order chi connectivity index (χ1) is 15.6. The van der Waals surface area contributed by atoms with Gasteiger partial charge in [-0.2, -0.15) is 5.10 Å². The van der Waals surface area contributed by atoms with Gasteiger partial charge in [0, 0.05) is 33.6 Å². The van der Waals surface area contributed by atoms with E-state index < -0.39 is 17.3 Å². The summed E-state index contributed by atoms with van der Waals surface area (Å²) in [6.45, 7) is 0. The van der Waals surface area contributed by atoms with Gasteiger partial charge in [0.15, 0.2) is 11.6 Å². The number of hydrogen-bond donors (Lipinski definition) is 0. The minimum Gasteiger partial charge on any atom is -0.288 e. The summed E-state index contributed by atoms with van der Waals surface area (Å²) >= 11 is 3.36. The van der Waals surface area contributed by atoms with Crippen molar-refractivity contribution in [2.24, 2.45) is 0 Å². The van der Waals surface area contributed by atoms with Crippen LogP contribution in [0.1, 0.15) is 31.1 Å². The van der Waals surface area contributed by atoms with Crippen molar-refractivity contribution < 1.29 is 14.4 Å². The highest BCUT2D eigenvalue weighted by atomic mass is 79.9. The van der Waals surface area contributed by atoms with E-state index in [1.807, 2.05) is 0 Å². The Hall–Kier alpha value is -3.90. The van der Waals surface area contributed by atoms with Crippen molar-refractivity contribution in [1.82, 2.24) is 9.78 Å². The second-order valence-corrected chi connectivity index (χ2v) is 7.82. The third kappa shape index (κ3) is 4.40. The first kappa shape index (κ1) is 21.3. The van der Waals surface area contributed by atoms with E-state index in [9.17, 15) is 14.4 Å². The van der Waals surface area contributed by atoms with E-state index in [0.717, 1.165) is 4.47 Å². The van der Waals surface area contributed by atoms with Crippen LogP contribution in [-0.4, -0.2) is 27.1 Å². The number of rotatable bonds is 7. The summed E-state index contributed by atoms with van der Waals surface area (Å²) in [5.74, 6) is -1.57. The molecular weight excluding hydrogens is 468 g/mol. The number of hydrogen-bond acceptors (Lipinski definition) is 4. The molecule has 0 amide bonds. The van der Waals surface area contributed by atoms with Gasteiger partial charge in [-0.3, -0.25) is 14.4 Å². The van der Waals surface area contributed by atoms with Crippen LogP contribution in [-0.2, 0) is 0 Å². The minimum atomic E-state index is -0.546. The maximum Gasteiger partial charge on any atom is 0.212 e. The smallest absolute Gasteiger partial charge is 0.212 e. The highest BCUT2D eigenvalue weighted by Crippen LogP contribution is 2.25. The fourth-order valence-corrected chi connectivity index (χ4v) is 3.52. The molecule has 0 unspecified atom stereocenters. The molecule has 1 heterocycles. The molecule has 0 aliphatic heterocycles. The first-order valence-corrected chi connectivity index (χ1v) is 10.6. The van der Waals surface area contributed by atoms with E-state index in [2.05, 4.69) is 21.0 Å². The second-order valence-electron chi connectivity index (χ2n) is 6.90. The van der Waals surface area contributed by atoms with E-state index in [4.69, 9.17) is 0 Å². The molecule has 0 fully saturated rings. The van der Waals surface area contributed by atoms with Gasteiger partial charge >= 0.3 is 0 Å². The van der Waals surface area contributed by atoms with Gasteiger partial charge in [0.2, 0.25) is 5.78 Å². The molecule has 5 nitrogen and oxygen atoms in total. The fraction of sp³-hybridized carbons (Fsp3) is 0. The Morgan fingerprint density at radius 2 is 1.12 bits per heavy atom. The predicted molar refractivity (Wildman–Crippen MR) is 125 cm³/mol. The molecular formula is C26H17BrN2O3. The van der Waals surface area contributed by atoms with Crippen molar-refractivity contribution in [3.05, 3.63) is 130 Å². The van der Waals surface area contributed by atoms with Crippen molar-refractivity contribution in [3.8, 4) is 0 Å². The number of carbonyl (C=O) groups excluding carboxylic acids is 3. The summed E-state index contributed by atoms with van der Waals surface area (Å²) in [7, 11) is 0. The van der Waals surface area contributed by atoms with E-state index >= 15 is 0 Å². The molecule has 32 heavy (non-hydrogen) atoms. The van der Waals surface area contributed by atoms with Crippen molar-refractivity contribution in [1.29, 1.82) is 0 Å². The van der Waals surface area contributed by atoms with Crippen LogP contribution < -0.4 is 0 Å². The fourth-order valence-electron chi connectivity index (χ4n) is 3.26. The van der Waals surface area contributed by atoms with Crippen molar-refractivity contribution >= 4 is 39.0 Å². The molecule has 4 aromatic rings. The second kappa shape index (κ2) is 9.49. The highest BCUT2D eigenvalue weighted by Gasteiger charge is 2.30. The van der Waals surface area contributed by atoms with Crippen molar-refractivity contribution in [2.75, 3.05) is 0 Å². The number of halogens is 1. The van der Waals surface area contributed by atoms with Gasteiger partial charge in [0.05, 0.1) is 0 Å². The van der Waals surface area contributed by atoms with Gasteiger partial charge in [0.1, 0.15) is 11.3 Å². The number of nitrogens with zero attached hydrogens (tertiary/aromatic N) is 2. The Balaban J connectivity index is 1.99. The first-order valence-electron chi connectivity index (χ1n) is 9.80. The Morgan fingerprint density at radius 1 is 0.625 bits per heavy atom. The van der Waals surface area contributed by atoms with Gasteiger partial charge in [-0.15, -0.1) is 0 Å². The van der Waals surface area contributed by atoms with Crippen LogP contribution in [0.5, 0.6) is 0 Å². The van der Waals surface area contributed by atoms with Crippen LogP contribution in [0.25, 0.3) is 5.70 Å². The summed E-state index contributed by atoms with van der Waals surface area (Å²) in [6.07, 6.45) is 3.04. The topological polar surface area (TPSA) is 69.0 Å². The molecule has 0 aliphatic carbocycles. The quantitative estimate of drug-likeness (QED) is 0.150. The lowest BCUT2D eigenvalue weighted by Crippen LogP contribution is -2.22. The van der Waals surface area contributed by atoms with Crippen LogP contribution in [0.15, 0.2) is 113 Å². The zero-order valence-electron chi connectivity index (χ0n) is 16.8. The lowest BCUT2D eigenvalue weighted by molar-refractivity contribution is 0.0950. The summed E-state index contributed by atoms with van der Waals surface area (Å²) in [6, 6.07) is 25.2. The molecule has 0 spiro atoms. The largest absolute Gasteiger partial charge is 0.288 e. The van der Waals surface area contributed by atoms with Crippen molar-refractivity contribution in [2.45, 2.75) is 0 Å². The van der Waals surface area contributed by atoms with Gasteiger partial charge in [0.25, 0.3) is 0 Å².